The van der Waals surface area contributed by atoms with E-state index in [0.29, 0.717) is 35.2 Å². The van der Waals surface area contributed by atoms with Crippen LogP contribution in [0, 0.1) is 0 Å². The van der Waals surface area contributed by atoms with Gasteiger partial charge in [0, 0.05) is 30.7 Å². The number of hydrogen-bond donors (Lipinski definition) is 1. The smallest absolute Gasteiger partial charge is 0.253 e. The van der Waals surface area contributed by atoms with Crippen LogP contribution < -0.4 is 14.8 Å². The molecule has 2 atom stereocenters. The van der Waals surface area contributed by atoms with Gasteiger partial charge in [-0.1, -0.05) is 0 Å². The molecule has 112 valence electrons. The molecule has 1 amide bonds. The number of hydrogen-bond acceptors (Lipinski definition) is 4. The first kappa shape index (κ1) is 13.0. The fraction of sp³-hybridized carbons (Fsp3) is 0.562. The lowest BCUT2D eigenvalue weighted by Crippen LogP contribution is -2.48. The Morgan fingerprint density at radius 1 is 1.19 bits per heavy atom. The molecule has 1 aromatic rings. The van der Waals surface area contributed by atoms with E-state index in [1.807, 2.05) is 24.1 Å². The number of carbonyl (C=O) groups is 1. The Labute approximate surface area is 124 Å². The highest BCUT2D eigenvalue weighted by Gasteiger charge is 2.36. The van der Waals surface area contributed by atoms with Crippen LogP contribution in [0.5, 0.6) is 11.5 Å². The summed E-state index contributed by atoms with van der Waals surface area (Å²) in [6.45, 7) is 0.237. The molecule has 1 N–H and O–H groups in total. The van der Waals surface area contributed by atoms with E-state index in [1.54, 1.807) is 6.07 Å². The molecule has 0 aliphatic carbocycles. The van der Waals surface area contributed by atoms with E-state index in [1.165, 1.54) is 12.8 Å². The van der Waals surface area contributed by atoms with Crippen LogP contribution in [-0.4, -0.2) is 42.8 Å². The zero-order valence-electron chi connectivity index (χ0n) is 12.2. The SMILES string of the molecule is CN(C(=O)c1ccc2c(c1)OCO2)C1CC2CCC(C1)N2. The van der Waals surface area contributed by atoms with E-state index in [-0.39, 0.29) is 12.7 Å². The van der Waals surface area contributed by atoms with E-state index in [0.717, 1.165) is 12.8 Å². The molecule has 0 radical (unpaired) electrons. The Balaban J connectivity index is 1.51. The topological polar surface area (TPSA) is 50.8 Å². The van der Waals surface area contributed by atoms with E-state index in [4.69, 9.17) is 9.47 Å². The number of carbonyl (C=O) groups excluding carboxylic acids is 1. The average molecular weight is 288 g/mol. The lowest BCUT2D eigenvalue weighted by Gasteiger charge is -2.35. The predicted octanol–water partition coefficient (Wildman–Crippen LogP) is 1.77. The summed E-state index contributed by atoms with van der Waals surface area (Å²) >= 11 is 0. The monoisotopic (exact) mass is 288 g/mol. The second-order valence-electron chi connectivity index (χ2n) is 6.25. The van der Waals surface area contributed by atoms with Gasteiger partial charge in [0.15, 0.2) is 11.5 Å². The second-order valence-corrected chi connectivity index (χ2v) is 6.25. The average Bonchev–Trinajstić information content (AvgIpc) is 3.11. The first-order chi connectivity index (χ1) is 10.2. The minimum Gasteiger partial charge on any atom is -0.454 e. The van der Waals surface area contributed by atoms with Crippen LogP contribution in [0.4, 0.5) is 0 Å². The quantitative estimate of drug-likeness (QED) is 0.901. The summed E-state index contributed by atoms with van der Waals surface area (Å²) in [4.78, 5) is 14.6. The number of nitrogens with zero attached hydrogens (tertiary/aromatic N) is 1. The molecule has 2 saturated heterocycles. The Morgan fingerprint density at radius 3 is 2.67 bits per heavy atom. The van der Waals surface area contributed by atoms with Crippen LogP contribution in [0.15, 0.2) is 18.2 Å². The molecule has 2 unspecified atom stereocenters. The van der Waals surface area contributed by atoms with Gasteiger partial charge in [0.2, 0.25) is 6.79 Å². The largest absolute Gasteiger partial charge is 0.454 e. The molecule has 3 aliphatic heterocycles. The molecule has 3 aliphatic rings. The third kappa shape index (κ3) is 2.25. The zero-order valence-corrected chi connectivity index (χ0v) is 12.2. The predicted molar refractivity (Wildman–Crippen MR) is 77.6 cm³/mol. The van der Waals surface area contributed by atoms with Crippen molar-refractivity contribution in [3.8, 4) is 11.5 Å². The summed E-state index contributed by atoms with van der Waals surface area (Å²) in [5.41, 5.74) is 0.674. The highest BCUT2D eigenvalue weighted by molar-refractivity contribution is 5.95. The molecule has 0 saturated carbocycles. The fourth-order valence-corrected chi connectivity index (χ4v) is 3.74. The Bertz CT molecular complexity index is 563. The van der Waals surface area contributed by atoms with Crippen LogP contribution in [0.25, 0.3) is 0 Å². The number of rotatable bonds is 2. The third-order valence-corrected chi connectivity index (χ3v) is 4.94. The maximum Gasteiger partial charge on any atom is 0.253 e. The number of fused-ring (bicyclic) bond motifs is 3. The highest BCUT2D eigenvalue weighted by atomic mass is 16.7. The van der Waals surface area contributed by atoms with Gasteiger partial charge < -0.3 is 19.7 Å². The Hall–Kier alpha value is -1.75. The molecule has 2 fully saturated rings. The van der Waals surface area contributed by atoms with Crippen molar-refractivity contribution in [1.82, 2.24) is 10.2 Å². The fourth-order valence-electron chi connectivity index (χ4n) is 3.74. The summed E-state index contributed by atoms with van der Waals surface area (Å²) in [5, 5.41) is 3.61. The standard InChI is InChI=1S/C16H20N2O3/c1-18(13-7-11-3-4-12(8-13)17-11)16(19)10-2-5-14-15(6-10)21-9-20-14/h2,5-6,11-13,17H,3-4,7-9H2,1H3. The summed E-state index contributed by atoms with van der Waals surface area (Å²) in [7, 11) is 1.92. The maximum atomic E-state index is 12.7. The number of piperidine rings is 1. The van der Waals surface area contributed by atoms with Crippen molar-refractivity contribution >= 4 is 5.91 Å². The van der Waals surface area contributed by atoms with E-state index in [9.17, 15) is 4.79 Å². The van der Waals surface area contributed by atoms with Gasteiger partial charge in [0.05, 0.1) is 0 Å². The Morgan fingerprint density at radius 2 is 1.90 bits per heavy atom. The summed E-state index contributed by atoms with van der Waals surface area (Å²) < 4.78 is 10.6. The molecular formula is C16H20N2O3. The van der Waals surface area contributed by atoms with Crippen LogP contribution in [-0.2, 0) is 0 Å². The first-order valence-electron chi connectivity index (χ1n) is 7.63. The van der Waals surface area contributed by atoms with Gasteiger partial charge in [-0.05, 0) is 43.9 Å². The van der Waals surface area contributed by atoms with Gasteiger partial charge in [-0.2, -0.15) is 0 Å². The zero-order chi connectivity index (χ0) is 14.4. The third-order valence-electron chi connectivity index (χ3n) is 4.94. The van der Waals surface area contributed by atoms with Crippen LogP contribution >= 0.6 is 0 Å². The molecule has 3 heterocycles. The normalized spacial score (nSPS) is 29.5. The number of nitrogens with one attached hydrogen (secondary N) is 1. The number of ether oxygens (including phenoxy) is 2. The van der Waals surface area contributed by atoms with E-state index in [2.05, 4.69) is 5.32 Å². The van der Waals surface area contributed by atoms with Crippen LogP contribution in [0.1, 0.15) is 36.0 Å². The van der Waals surface area contributed by atoms with Gasteiger partial charge in [-0.25, -0.2) is 0 Å². The molecule has 5 nitrogen and oxygen atoms in total. The minimum atomic E-state index is 0.0691. The molecule has 4 rings (SSSR count). The van der Waals surface area contributed by atoms with Crippen molar-refractivity contribution in [2.24, 2.45) is 0 Å². The van der Waals surface area contributed by atoms with Crippen LogP contribution in [0.2, 0.25) is 0 Å². The van der Waals surface area contributed by atoms with Crippen LogP contribution in [0.3, 0.4) is 0 Å². The maximum absolute atomic E-state index is 12.7. The van der Waals surface area contributed by atoms with Crippen molar-refractivity contribution < 1.29 is 14.3 Å². The molecule has 2 bridgehead atoms. The molecule has 21 heavy (non-hydrogen) atoms. The van der Waals surface area contributed by atoms with Gasteiger partial charge in [-0.15, -0.1) is 0 Å². The van der Waals surface area contributed by atoms with Crippen molar-refractivity contribution in [2.75, 3.05) is 13.8 Å². The Kier molecular flexibility index (Phi) is 3.03. The van der Waals surface area contributed by atoms with Gasteiger partial charge in [0.1, 0.15) is 0 Å². The van der Waals surface area contributed by atoms with Crippen molar-refractivity contribution in [1.29, 1.82) is 0 Å². The van der Waals surface area contributed by atoms with E-state index >= 15 is 0 Å². The van der Waals surface area contributed by atoms with Crippen molar-refractivity contribution in [3.63, 3.8) is 0 Å². The summed E-state index contributed by atoms with van der Waals surface area (Å²) in [6.07, 6.45) is 4.60. The molecule has 0 spiro atoms. The first-order valence-corrected chi connectivity index (χ1v) is 7.63. The molecule has 5 heteroatoms. The number of benzene rings is 1. The van der Waals surface area contributed by atoms with E-state index < -0.39 is 0 Å². The van der Waals surface area contributed by atoms with Gasteiger partial charge in [-0.3, -0.25) is 4.79 Å². The van der Waals surface area contributed by atoms with Crippen molar-refractivity contribution in [3.05, 3.63) is 23.8 Å². The molecular weight excluding hydrogens is 268 g/mol. The lowest BCUT2D eigenvalue weighted by molar-refractivity contribution is 0.0681. The lowest BCUT2D eigenvalue weighted by atomic mass is 9.98. The summed E-state index contributed by atoms with van der Waals surface area (Å²) in [6, 6.07) is 6.93. The van der Waals surface area contributed by atoms with Crippen molar-refractivity contribution in [2.45, 2.75) is 43.8 Å². The van der Waals surface area contributed by atoms with Gasteiger partial charge >= 0.3 is 0 Å². The highest BCUT2D eigenvalue weighted by Crippen LogP contribution is 2.34. The second kappa shape index (κ2) is 4.91. The minimum absolute atomic E-state index is 0.0691. The summed E-state index contributed by atoms with van der Waals surface area (Å²) in [5.74, 6) is 1.45. The molecule has 1 aromatic carbocycles. The molecule has 0 aromatic heterocycles. The number of amides is 1. The van der Waals surface area contributed by atoms with Gasteiger partial charge in [0.25, 0.3) is 5.91 Å².